The molecule has 0 aliphatic rings. The zero-order chi connectivity index (χ0) is 9.40. The summed E-state index contributed by atoms with van der Waals surface area (Å²) in [5.41, 5.74) is 0.781. The minimum absolute atomic E-state index is 0.212. The predicted molar refractivity (Wildman–Crippen MR) is 49.6 cm³/mol. The highest BCUT2D eigenvalue weighted by Crippen LogP contribution is 2.07. The lowest BCUT2D eigenvalue weighted by Crippen LogP contribution is -2.07. The highest BCUT2D eigenvalue weighted by molar-refractivity contribution is 5.88. The van der Waals surface area contributed by atoms with Gasteiger partial charge in [0.25, 0.3) is 0 Å². The van der Waals surface area contributed by atoms with Crippen LogP contribution in [-0.4, -0.2) is 12.6 Å². The number of rotatable bonds is 5. The first kappa shape index (κ1) is 11.2. The molecule has 2 heteroatoms. The van der Waals surface area contributed by atoms with Gasteiger partial charge in [0.15, 0.2) is 0 Å². The molecule has 0 aliphatic carbocycles. The number of ether oxygens (including phenoxy) is 1. The van der Waals surface area contributed by atoms with E-state index in [9.17, 15) is 4.79 Å². The third kappa shape index (κ3) is 4.16. The maximum absolute atomic E-state index is 11.2. The van der Waals surface area contributed by atoms with Crippen LogP contribution >= 0.6 is 0 Å². The Morgan fingerprint density at radius 3 is 2.58 bits per heavy atom. The fourth-order valence-corrected chi connectivity index (χ4v) is 0.989. The maximum Gasteiger partial charge on any atom is 0.333 e. The van der Waals surface area contributed by atoms with E-state index < -0.39 is 0 Å². The van der Waals surface area contributed by atoms with Crippen LogP contribution in [0.4, 0.5) is 0 Å². The van der Waals surface area contributed by atoms with Gasteiger partial charge in [-0.1, -0.05) is 26.3 Å². The Hall–Kier alpha value is -0.790. The molecule has 1 radical (unpaired) electrons. The van der Waals surface area contributed by atoms with E-state index in [1.54, 1.807) is 0 Å². The number of carbonyl (C=O) groups excluding carboxylic acids is 1. The Balaban J connectivity index is 4.09. The lowest BCUT2D eigenvalue weighted by Gasteiger charge is -2.04. The Bertz CT molecular complexity index is 159. The second-order valence-corrected chi connectivity index (χ2v) is 2.52. The Morgan fingerprint density at radius 1 is 1.50 bits per heavy atom. The molecular formula is C10H17O2. The largest absolute Gasteiger partial charge is 0.462 e. The van der Waals surface area contributed by atoms with E-state index in [1.165, 1.54) is 0 Å². The van der Waals surface area contributed by atoms with Crippen molar-refractivity contribution in [1.29, 1.82) is 0 Å². The van der Waals surface area contributed by atoms with Crippen molar-refractivity contribution in [3.63, 3.8) is 0 Å². The molecule has 12 heavy (non-hydrogen) atoms. The maximum atomic E-state index is 11.2. The van der Waals surface area contributed by atoms with Crippen molar-refractivity contribution < 1.29 is 9.53 Å². The summed E-state index contributed by atoms with van der Waals surface area (Å²) >= 11 is 0. The number of hydrogen-bond acceptors (Lipinski definition) is 2. The standard InChI is InChI=1S/C10H17O2/c1-4-7-9(8-5-2)10(11)12-6-3/h7H,3-6,8H2,1-2H3. The van der Waals surface area contributed by atoms with Crippen LogP contribution in [0.15, 0.2) is 11.6 Å². The molecular weight excluding hydrogens is 152 g/mol. The number of allylic oxidation sites excluding steroid dienone is 1. The lowest BCUT2D eigenvalue weighted by molar-refractivity contribution is -0.138. The van der Waals surface area contributed by atoms with Crippen LogP contribution in [0.3, 0.4) is 0 Å². The van der Waals surface area contributed by atoms with Crippen molar-refractivity contribution >= 4 is 5.97 Å². The summed E-state index contributed by atoms with van der Waals surface area (Å²) in [7, 11) is 0. The van der Waals surface area contributed by atoms with Gasteiger partial charge in [-0.3, -0.25) is 0 Å². The first-order valence-corrected chi connectivity index (χ1v) is 4.41. The van der Waals surface area contributed by atoms with Crippen LogP contribution in [-0.2, 0) is 9.53 Å². The van der Waals surface area contributed by atoms with Gasteiger partial charge in [0.1, 0.15) is 0 Å². The number of esters is 1. The van der Waals surface area contributed by atoms with Gasteiger partial charge in [0, 0.05) is 5.57 Å². The highest BCUT2D eigenvalue weighted by Gasteiger charge is 2.07. The third-order valence-corrected chi connectivity index (χ3v) is 1.47. The van der Waals surface area contributed by atoms with E-state index in [2.05, 4.69) is 6.92 Å². The molecule has 0 bridgehead atoms. The fraction of sp³-hybridized carbons (Fsp3) is 0.600. The van der Waals surface area contributed by atoms with E-state index in [0.717, 1.165) is 24.8 Å². The minimum atomic E-state index is -0.214. The Kier molecular flexibility index (Phi) is 6.44. The number of hydrogen-bond donors (Lipinski definition) is 0. The molecule has 0 spiro atoms. The first-order chi connectivity index (χ1) is 5.76. The molecule has 0 aromatic heterocycles. The lowest BCUT2D eigenvalue weighted by atomic mass is 10.1. The molecule has 0 amide bonds. The van der Waals surface area contributed by atoms with Crippen LogP contribution < -0.4 is 0 Å². The molecule has 2 nitrogen and oxygen atoms in total. The molecule has 0 saturated heterocycles. The predicted octanol–water partition coefficient (Wildman–Crippen LogP) is 2.50. The zero-order valence-corrected chi connectivity index (χ0v) is 7.93. The van der Waals surface area contributed by atoms with Crippen LogP contribution in [0.25, 0.3) is 0 Å². The summed E-state index contributed by atoms with van der Waals surface area (Å²) in [6.45, 7) is 7.72. The van der Waals surface area contributed by atoms with Crippen molar-refractivity contribution in [1.82, 2.24) is 0 Å². The van der Waals surface area contributed by atoms with Crippen molar-refractivity contribution in [2.24, 2.45) is 0 Å². The third-order valence-electron chi connectivity index (χ3n) is 1.47. The van der Waals surface area contributed by atoms with Gasteiger partial charge in [-0.25, -0.2) is 4.79 Å². The van der Waals surface area contributed by atoms with Crippen LogP contribution in [0.5, 0.6) is 0 Å². The van der Waals surface area contributed by atoms with Gasteiger partial charge in [0.2, 0.25) is 0 Å². The van der Waals surface area contributed by atoms with Crippen molar-refractivity contribution in [2.45, 2.75) is 33.1 Å². The molecule has 0 unspecified atom stereocenters. The quantitative estimate of drug-likeness (QED) is 0.467. The molecule has 0 heterocycles. The zero-order valence-electron chi connectivity index (χ0n) is 7.93. The molecule has 0 fully saturated rings. The monoisotopic (exact) mass is 169 g/mol. The van der Waals surface area contributed by atoms with Crippen LogP contribution in [0, 0.1) is 6.92 Å². The van der Waals surface area contributed by atoms with Gasteiger partial charge in [0.05, 0.1) is 6.61 Å². The van der Waals surface area contributed by atoms with Gasteiger partial charge in [-0.15, -0.1) is 0 Å². The first-order valence-electron chi connectivity index (χ1n) is 4.41. The molecule has 0 rings (SSSR count). The van der Waals surface area contributed by atoms with Crippen molar-refractivity contribution in [3.8, 4) is 0 Å². The molecule has 69 valence electrons. The Morgan fingerprint density at radius 2 is 2.17 bits per heavy atom. The summed E-state index contributed by atoms with van der Waals surface area (Å²) in [6.07, 6.45) is 4.56. The minimum Gasteiger partial charge on any atom is -0.462 e. The SMILES string of the molecule is [CH2]COC(=O)C(=CCC)CCC. The molecule has 0 N–H and O–H groups in total. The highest BCUT2D eigenvalue weighted by atomic mass is 16.5. The van der Waals surface area contributed by atoms with E-state index in [-0.39, 0.29) is 12.6 Å². The summed E-state index contributed by atoms with van der Waals surface area (Å²) in [4.78, 5) is 11.2. The molecule has 0 saturated carbocycles. The van der Waals surface area contributed by atoms with Gasteiger partial charge in [-0.2, -0.15) is 0 Å². The summed E-state index contributed by atoms with van der Waals surface area (Å²) in [5.74, 6) is -0.214. The van der Waals surface area contributed by atoms with E-state index in [0.29, 0.717) is 0 Å². The summed E-state index contributed by atoms with van der Waals surface area (Å²) in [6, 6.07) is 0. The van der Waals surface area contributed by atoms with Crippen LogP contribution in [0.1, 0.15) is 33.1 Å². The average Bonchev–Trinajstić information content (AvgIpc) is 2.04. The van der Waals surface area contributed by atoms with E-state index >= 15 is 0 Å². The van der Waals surface area contributed by atoms with Crippen molar-refractivity contribution in [3.05, 3.63) is 18.6 Å². The van der Waals surface area contributed by atoms with Crippen molar-refractivity contribution in [2.75, 3.05) is 6.61 Å². The van der Waals surface area contributed by atoms with Gasteiger partial charge < -0.3 is 4.74 Å². The fourth-order valence-electron chi connectivity index (χ4n) is 0.989. The molecule has 0 aliphatic heterocycles. The Labute approximate surface area is 74.6 Å². The normalized spacial score (nSPS) is 11.4. The van der Waals surface area contributed by atoms with Gasteiger partial charge >= 0.3 is 5.97 Å². The molecule has 0 aromatic rings. The molecule has 0 atom stereocenters. The summed E-state index contributed by atoms with van der Waals surface area (Å²) in [5, 5.41) is 0. The topological polar surface area (TPSA) is 26.3 Å². The second kappa shape index (κ2) is 6.89. The van der Waals surface area contributed by atoms with E-state index in [4.69, 9.17) is 4.74 Å². The number of carbonyl (C=O) groups is 1. The average molecular weight is 169 g/mol. The van der Waals surface area contributed by atoms with E-state index in [1.807, 2.05) is 19.9 Å². The second-order valence-electron chi connectivity index (χ2n) is 2.52. The smallest absolute Gasteiger partial charge is 0.333 e. The molecule has 0 aromatic carbocycles. The summed E-state index contributed by atoms with van der Waals surface area (Å²) < 4.78 is 4.79. The van der Waals surface area contributed by atoms with Crippen LogP contribution in [0.2, 0.25) is 0 Å². The van der Waals surface area contributed by atoms with Gasteiger partial charge in [-0.05, 0) is 19.8 Å².